The van der Waals surface area contributed by atoms with E-state index >= 15 is 0 Å². The number of carbonyl (C=O) groups is 2. The molecule has 1 heterocycles. The molecule has 0 radical (unpaired) electrons. The Morgan fingerprint density at radius 1 is 1.47 bits per heavy atom. The quantitative estimate of drug-likeness (QED) is 0.805. The van der Waals surface area contributed by atoms with E-state index in [9.17, 15) is 9.59 Å². The van der Waals surface area contributed by atoms with Gasteiger partial charge in [-0.1, -0.05) is 6.92 Å². The van der Waals surface area contributed by atoms with Crippen LogP contribution in [0.15, 0.2) is 0 Å². The van der Waals surface area contributed by atoms with Crippen molar-refractivity contribution in [2.24, 2.45) is 5.92 Å². The van der Waals surface area contributed by atoms with Crippen molar-refractivity contribution in [2.75, 3.05) is 0 Å². The van der Waals surface area contributed by atoms with Crippen LogP contribution in [0.2, 0.25) is 0 Å². The molecule has 0 aromatic rings. The zero-order valence-electron chi connectivity index (χ0n) is 11.1. The van der Waals surface area contributed by atoms with Crippen LogP contribution in [0, 0.1) is 5.92 Å². The predicted molar refractivity (Wildman–Crippen MR) is 65.3 cm³/mol. The summed E-state index contributed by atoms with van der Waals surface area (Å²) >= 11 is 0. The summed E-state index contributed by atoms with van der Waals surface area (Å²) in [5.41, 5.74) is -0.716. The molecule has 17 heavy (non-hydrogen) atoms. The van der Waals surface area contributed by atoms with Crippen LogP contribution in [0.5, 0.6) is 0 Å². The lowest BCUT2D eigenvalue weighted by atomic mass is 9.90. The summed E-state index contributed by atoms with van der Waals surface area (Å²) in [5.74, 6) is 0.640. The number of hydrogen-bond acceptors (Lipinski definition) is 2. The normalized spacial score (nSPS) is 35.8. The van der Waals surface area contributed by atoms with Crippen molar-refractivity contribution in [2.45, 2.75) is 64.6 Å². The maximum Gasteiger partial charge on any atom is 0.248 e. The van der Waals surface area contributed by atoms with Gasteiger partial charge in [-0.25, -0.2) is 0 Å². The maximum atomic E-state index is 12.5. The summed E-state index contributed by atoms with van der Waals surface area (Å²) in [6, 6.07) is -0.146. The first-order chi connectivity index (χ1) is 7.90. The number of rotatable bonds is 3. The number of carbonyl (C=O) groups excluding carboxylic acids is 2. The van der Waals surface area contributed by atoms with Crippen molar-refractivity contribution in [3.05, 3.63) is 0 Å². The molecule has 2 fully saturated rings. The minimum Gasteiger partial charge on any atom is -0.340 e. The molecule has 0 bridgehead atoms. The summed E-state index contributed by atoms with van der Waals surface area (Å²) in [4.78, 5) is 26.3. The van der Waals surface area contributed by atoms with E-state index in [1.54, 1.807) is 4.90 Å². The number of amides is 2. The van der Waals surface area contributed by atoms with Crippen molar-refractivity contribution in [1.82, 2.24) is 10.2 Å². The average Bonchev–Trinajstić information content (AvgIpc) is 3.10. The van der Waals surface area contributed by atoms with Crippen molar-refractivity contribution in [1.29, 1.82) is 0 Å². The van der Waals surface area contributed by atoms with Gasteiger partial charge in [0.25, 0.3) is 0 Å². The zero-order chi connectivity index (χ0) is 12.8. The molecule has 3 unspecified atom stereocenters. The Kier molecular flexibility index (Phi) is 2.92. The molecule has 0 aromatic heterocycles. The first-order valence-electron chi connectivity index (χ1n) is 6.55. The third-order valence-corrected chi connectivity index (χ3v) is 4.35. The van der Waals surface area contributed by atoms with Crippen molar-refractivity contribution >= 4 is 11.8 Å². The fourth-order valence-electron chi connectivity index (χ4n) is 2.60. The van der Waals surface area contributed by atoms with Gasteiger partial charge in [0.05, 0.1) is 0 Å². The molecule has 1 N–H and O–H groups in total. The monoisotopic (exact) mass is 238 g/mol. The van der Waals surface area contributed by atoms with Gasteiger partial charge in [-0.2, -0.15) is 0 Å². The smallest absolute Gasteiger partial charge is 0.248 e. The van der Waals surface area contributed by atoms with E-state index in [1.165, 1.54) is 12.8 Å². The minimum absolute atomic E-state index is 0.0264. The van der Waals surface area contributed by atoms with Gasteiger partial charge in [0, 0.05) is 6.04 Å². The number of nitrogens with zero attached hydrogens (tertiary/aromatic N) is 1. The van der Waals surface area contributed by atoms with Crippen LogP contribution in [0.4, 0.5) is 0 Å². The molecule has 0 spiro atoms. The molecule has 2 amide bonds. The molecular formula is C13H22N2O2. The van der Waals surface area contributed by atoms with E-state index in [-0.39, 0.29) is 23.9 Å². The molecular weight excluding hydrogens is 216 g/mol. The Labute approximate surface area is 103 Å². The molecule has 2 aliphatic rings. The molecule has 96 valence electrons. The second kappa shape index (κ2) is 4.00. The number of piperazine rings is 1. The first kappa shape index (κ1) is 12.4. The second-order valence-electron chi connectivity index (χ2n) is 5.64. The lowest BCUT2D eigenvalue weighted by molar-refractivity contribution is -0.156. The third-order valence-electron chi connectivity index (χ3n) is 4.35. The third kappa shape index (κ3) is 1.94. The maximum absolute atomic E-state index is 12.5. The fourth-order valence-corrected chi connectivity index (χ4v) is 2.60. The summed E-state index contributed by atoms with van der Waals surface area (Å²) < 4.78 is 0. The predicted octanol–water partition coefficient (Wildman–Crippen LogP) is 1.30. The molecule has 1 aliphatic heterocycles. The molecule has 0 aromatic carbocycles. The Morgan fingerprint density at radius 2 is 2.06 bits per heavy atom. The standard InChI is InChI=1S/C13H22N2O2/c1-5-13(4)12(17)15(8(2)10-6-7-10)9(3)11(16)14-13/h8-10H,5-7H2,1-4H3,(H,14,16). The second-order valence-corrected chi connectivity index (χ2v) is 5.64. The van der Waals surface area contributed by atoms with Gasteiger partial charge in [0.1, 0.15) is 11.6 Å². The summed E-state index contributed by atoms with van der Waals surface area (Å²) in [6.07, 6.45) is 3.00. The Morgan fingerprint density at radius 3 is 2.53 bits per heavy atom. The van der Waals surface area contributed by atoms with Crippen LogP contribution in [0.3, 0.4) is 0 Å². The van der Waals surface area contributed by atoms with E-state index in [4.69, 9.17) is 0 Å². The lowest BCUT2D eigenvalue weighted by Crippen LogP contribution is -2.70. The van der Waals surface area contributed by atoms with Crippen LogP contribution in [-0.4, -0.2) is 34.3 Å². The van der Waals surface area contributed by atoms with E-state index in [0.717, 1.165) is 0 Å². The molecule has 1 saturated heterocycles. The fraction of sp³-hybridized carbons (Fsp3) is 0.846. The van der Waals surface area contributed by atoms with Crippen LogP contribution in [-0.2, 0) is 9.59 Å². The molecule has 3 atom stereocenters. The highest BCUT2D eigenvalue weighted by atomic mass is 16.2. The van der Waals surface area contributed by atoms with Gasteiger partial charge >= 0.3 is 0 Å². The summed E-state index contributed by atoms with van der Waals surface area (Å²) in [7, 11) is 0. The molecule has 1 saturated carbocycles. The molecule has 2 rings (SSSR count). The highest BCUT2D eigenvalue weighted by Crippen LogP contribution is 2.37. The molecule has 1 aliphatic carbocycles. The van der Waals surface area contributed by atoms with Crippen LogP contribution in [0.25, 0.3) is 0 Å². The van der Waals surface area contributed by atoms with Gasteiger partial charge in [-0.3, -0.25) is 9.59 Å². The largest absolute Gasteiger partial charge is 0.340 e. The Hall–Kier alpha value is -1.06. The zero-order valence-corrected chi connectivity index (χ0v) is 11.1. The highest BCUT2D eigenvalue weighted by Gasteiger charge is 2.49. The van der Waals surface area contributed by atoms with E-state index < -0.39 is 5.54 Å². The van der Waals surface area contributed by atoms with Crippen LogP contribution >= 0.6 is 0 Å². The SMILES string of the molecule is CCC1(C)NC(=O)C(C)N(C(C)C2CC2)C1=O. The number of nitrogens with one attached hydrogen (secondary N) is 1. The van der Waals surface area contributed by atoms with Gasteiger partial charge in [-0.05, 0) is 46.0 Å². The van der Waals surface area contributed by atoms with E-state index in [0.29, 0.717) is 12.3 Å². The summed E-state index contributed by atoms with van der Waals surface area (Å²) in [5, 5.41) is 2.86. The highest BCUT2D eigenvalue weighted by molar-refractivity contribution is 5.99. The lowest BCUT2D eigenvalue weighted by Gasteiger charge is -2.45. The van der Waals surface area contributed by atoms with Crippen molar-refractivity contribution in [3.8, 4) is 0 Å². The molecule has 4 heteroatoms. The van der Waals surface area contributed by atoms with Crippen molar-refractivity contribution < 1.29 is 9.59 Å². The summed E-state index contributed by atoms with van der Waals surface area (Å²) in [6.45, 7) is 7.65. The van der Waals surface area contributed by atoms with Gasteiger partial charge in [0.2, 0.25) is 11.8 Å². The van der Waals surface area contributed by atoms with Crippen LogP contribution in [0.1, 0.15) is 47.0 Å². The van der Waals surface area contributed by atoms with E-state index in [1.807, 2.05) is 20.8 Å². The van der Waals surface area contributed by atoms with Gasteiger partial charge in [-0.15, -0.1) is 0 Å². The van der Waals surface area contributed by atoms with Crippen LogP contribution < -0.4 is 5.32 Å². The molecule has 4 nitrogen and oxygen atoms in total. The topological polar surface area (TPSA) is 49.4 Å². The van der Waals surface area contributed by atoms with Crippen molar-refractivity contribution in [3.63, 3.8) is 0 Å². The average molecular weight is 238 g/mol. The Bertz CT molecular complexity index is 351. The minimum atomic E-state index is -0.716. The van der Waals surface area contributed by atoms with E-state index in [2.05, 4.69) is 12.2 Å². The Balaban J connectivity index is 2.26. The van der Waals surface area contributed by atoms with Gasteiger partial charge < -0.3 is 10.2 Å². The van der Waals surface area contributed by atoms with Gasteiger partial charge in [0.15, 0.2) is 0 Å². The number of hydrogen-bond donors (Lipinski definition) is 1. The first-order valence-corrected chi connectivity index (χ1v) is 6.55.